The molecule has 0 unspecified atom stereocenters. The maximum absolute atomic E-state index is 14.2. The fourth-order valence-corrected chi connectivity index (χ4v) is 7.05. The number of likely N-dealkylation sites (N-methyl/N-ethyl adjacent to an activating group) is 1. The van der Waals surface area contributed by atoms with Crippen molar-refractivity contribution in [3.8, 4) is 5.75 Å². The van der Waals surface area contributed by atoms with Crippen LogP contribution < -0.4 is 16.0 Å². The normalized spacial score (nSPS) is 22.7. The first-order chi connectivity index (χ1) is 23.8. The summed E-state index contributed by atoms with van der Waals surface area (Å²) < 4.78 is 9.87. The average Bonchev–Trinajstić information content (AvgIpc) is 3.03. The summed E-state index contributed by atoms with van der Waals surface area (Å²) in [5.74, 6) is -9.72. The number of hydrogen-bond acceptors (Lipinski definition) is 14. The minimum absolute atomic E-state index is 0.0430. The zero-order valence-electron chi connectivity index (χ0n) is 29.6. The lowest BCUT2D eigenvalue weighted by Crippen LogP contribution is -2.65. The quantitative estimate of drug-likeness (QED) is 0.0809. The van der Waals surface area contributed by atoms with Crippen LogP contribution in [0.3, 0.4) is 0 Å². The Kier molecular flexibility index (Phi) is 11.1. The van der Waals surface area contributed by atoms with Gasteiger partial charge in [0.05, 0.1) is 23.2 Å². The summed E-state index contributed by atoms with van der Waals surface area (Å²) in [6, 6.07) is 0.237. The van der Waals surface area contributed by atoms with Gasteiger partial charge in [-0.1, -0.05) is 20.8 Å². The number of aliphatic hydroxyl groups excluding tert-OH is 2. The molecule has 17 heteroatoms. The number of anilines is 2. The number of rotatable bonds is 11. The van der Waals surface area contributed by atoms with E-state index < -0.39 is 101 Å². The van der Waals surface area contributed by atoms with Crippen molar-refractivity contribution in [1.29, 1.82) is 0 Å². The van der Waals surface area contributed by atoms with Gasteiger partial charge in [0.15, 0.2) is 11.4 Å². The number of phenolic OH excluding ortho intramolecular Hbond substituents is 1. The zero-order valence-corrected chi connectivity index (χ0v) is 29.6. The van der Waals surface area contributed by atoms with Crippen molar-refractivity contribution in [2.75, 3.05) is 58.3 Å². The molecule has 3 amide bonds. The number of aromatic hydroxyl groups is 1. The van der Waals surface area contributed by atoms with Crippen LogP contribution in [0.4, 0.5) is 16.2 Å². The van der Waals surface area contributed by atoms with E-state index in [1.165, 1.54) is 25.1 Å². The number of nitrogens with two attached hydrogens (primary N) is 1. The van der Waals surface area contributed by atoms with Crippen LogP contribution in [0, 0.1) is 17.8 Å². The molecule has 51 heavy (non-hydrogen) atoms. The molecule has 1 aromatic rings. The Morgan fingerprint density at radius 3 is 2.27 bits per heavy atom. The molecule has 1 aromatic carbocycles. The highest BCUT2D eigenvalue weighted by Gasteiger charge is 2.64. The van der Waals surface area contributed by atoms with E-state index in [1.807, 2.05) is 0 Å². The van der Waals surface area contributed by atoms with Crippen molar-refractivity contribution in [3.05, 3.63) is 34.1 Å². The predicted molar refractivity (Wildman–Crippen MR) is 181 cm³/mol. The lowest BCUT2D eigenvalue weighted by molar-refractivity contribution is -0.156. The van der Waals surface area contributed by atoms with E-state index in [4.69, 9.17) is 15.2 Å². The number of carbonyl (C=O) groups excluding carboxylic acids is 6. The minimum atomic E-state index is -2.80. The van der Waals surface area contributed by atoms with Crippen molar-refractivity contribution < 1.29 is 58.7 Å². The number of ketones is 2. The lowest BCUT2D eigenvalue weighted by atomic mass is 9.57. The molecule has 0 spiro atoms. The molecular weight excluding hydrogens is 670 g/mol. The van der Waals surface area contributed by atoms with Gasteiger partial charge >= 0.3 is 12.1 Å². The highest BCUT2D eigenvalue weighted by Crippen LogP contribution is 2.54. The third kappa shape index (κ3) is 6.82. The van der Waals surface area contributed by atoms with Crippen LogP contribution in [0.25, 0.3) is 5.76 Å². The monoisotopic (exact) mass is 715 g/mol. The summed E-state index contributed by atoms with van der Waals surface area (Å²) in [6.07, 6.45) is -0.522. The third-order valence-electron chi connectivity index (χ3n) is 9.39. The summed E-state index contributed by atoms with van der Waals surface area (Å²) in [5, 5.41) is 48.6. The van der Waals surface area contributed by atoms with E-state index in [1.54, 1.807) is 39.8 Å². The molecule has 278 valence electrons. The molecule has 7 N–H and O–H groups in total. The number of fused-ring (bicyclic) bond motifs is 3. The molecule has 3 aliphatic rings. The maximum Gasteiger partial charge on any atom is 0.413 e. The molecule has 0 aliphatic heterocycles. The Bertz CT molecular complexity index is 1730. The van der Waals surface area contributed by atoms with Gasteiger partial charge in [0.2, 0.25) is 18.5 Å². The van der Waals surface area contributed by atoms with E-state index in [0.29, 0.717) is 17.7 Å². The van der Waals surface area contributed by atoms with Gasteiger partial charge in [-0.3, -0.25) is 33.8 Å². The van der Waals surface area contributed by atoms with Gasteiger partial charge in [0.25, 0.3) is 5.91 Å². The molecule has 0 bridgehead atoms. The van der Waals surface area contributed by atoms with Crippen LogP contribution in [0.1, 0.15) is 44.7 Å². The Morgan fingerprint density at radius 1 is 1.08 bits per heavy atom. The van der Waals surface area contributed by atoms with Crippen molar-refractivity contribution in [2.24, 2.45) is 23.5 Å². The third-order valence-corrected chi connectivity index (χ3v) is 9.39. The molecular formula is C34H45N5O12. The second kappa shape index (κ2) is 14.6. The Labute approximate surface area is 294 Å². The fourth-order valence-electron chi connectivity index (χ4n) is 7.05. The number of esters is 1. The van der Waals surface area contributed by atoms with Crippen molar-refractivity contribution in [2.45, 2.75) is 51.7 Å². The first-order valence-corrected chi connectivity index (χ1v) is 16.4. The molecule has 1 fully saturated rings. The van der Waals surface area contributed by atoms with Crippen LogP contribution in [0.5, 0.6) is 5.75 Å². The predicted octanol–water partition coefficient (Wildman–Crippen LogP) is 0.974. The summed E-state index contributed by atoms with van der Waals surface area (Å²) in [6.45, 7) is 3.91. The van der Waals surface area contributed by atoms with Crippen molar-refractivity contribution in [3.63, 3.8) is 0 Å². The van der Waals surface area contributed by atoms with Crippen LogP contribution in [0.2, 0.25) is 0 Å². The minimum Gasteiger partial charge on any atom is -0.508 e. The first kappa shape index (κ1) is 38.6. The Hall–Kier alpha value is -5.16. The van der Waals surface area contributed by atoms with E-state index >= 15 is 0 Å². The Morgan fingerprint density at radius 2 is 1.73 bits per heavy atom. The molecule has 17 nitrogen and oxygen atoms in total. The standard InChI is InChI=1S/C34H45N5O12/c1-8-9-39(33(48)51-14-50-32(47)15(2)3)13-21(40)36-19-12-20(37(4)5)17-10-16-11-18-25(38(6)7)28(43)24(31(35)46)30(45)34(18,49)29(44)22(16)27(42)23(17)26(19)41/h12,15-16,18,25,41-42,45,49H,8-11,13-14H2,1-7H3,(H2,35,46)(H,36,40)/t16-,18-,25-,34-/m0/s1. The second-order valence-corrected chi connectivity index (χ2v) is 13.6. The summed E-state index contributed by atoms with van der Waals surface area (Å²) in [5.41, 5.74) is 1.75. The summed E-state index contributed by atoms with van der Waals surface area (Å²) >= 11 is 0. The van der Waals surface area contributed by atoms with Gasteiger partial charge in [0, 0.05) is 37.8 Å². The number of benzene rings is 1. The van der Waals surface area contributed by atoms with Gasteiger partial charge in [-0.05, 0) is 50.9 Å². The van der Waals surface area contributed by atoms with Gasteiger partial charge in [-0.2, -0.15) is 0 Å². The number of Topliss-reactive ketones (excluding diaryl/α,β-unsaturated/α-hetero) is 2. The molecule has 1 saturated carbocycles. The number of hydrogen-bond donors (Lipinski definition) is 6. The average molecular weight is 716 g/mol. The van der Waals surface area contributed by atoms with Crippen molar-refractivity contribution in [1.82, 2.24) is 9.80 Å². The van der Waals surface area contributed by atoms with Crippen LogP contribution in [-0.4, -0.2) is 125 Å². The lowest BCUT2D eigenvalue weighted by Gasteiger charge is -2.50. The first-order valence-electron chi connectivity index (χ1n) is 16.4. The summed E-state index contributed by atoms with van der Waals surface area (Å²) in [4.78, 5) is 81.5. The van der Waals surface area contributed by atoms with Crippen LogP contribution in [0.15, 0.2) is 23.0 Å². The molecule has 4 atom stereocenters. The van der Waals surface area contributed by atoms with Gasteiger partial charge in [-0.25, -0.2) is 4.79 Å². The maximum atomic E-state index is 14.2. The smallest absolute Gasteiger partial charge is 0.413 e. The van der Waals surface area contributed by atoms with E-state index in [0.717, 1.165) is 4.90 Å². The van der Waals surface area contributed by atoms with E-state index in [-0.39, 0.29) is 36.2 Å². The SMILES string of the molecule is CCCN(CC(=O)Nc1cc(N(C)C)c2c(c1O)C(O)=C1C(=O)[C@]3(O)C(O)=C(C(N)=O)C(=O)[C@@H](N(C)C)[C@@H]3C[C@@H]1C2)C(=O)OCOC(=O)C(C)C. The number of primary amides is 1. The second-order valence-electron chi connectivity index (χ2n) is 13.6. The number of nitrogens with zero attached hydrogens (tertiary/aromatic N) is 3. The molecule has 0 heterocycles. The van der Waals surface area contributed by atoms with Crippen LogP contribution >= 0.6 is 0 Å². The molecule has 0 saturated heterocycles. The van der Waals surface area contributed by atoms with E-state index in [2.05, 4.69) is 5.32 Å². The van der Waals surface area contributed by atoms with Gasteiger partial charge in [0.1, 0.15) is 29.4 Å². The van der Waals surface area contributed by atoms with Gasteiger partial charge in [-0.15, -0.1) is 0 Å². The number of carbonyl (C=O) groups is 6. The number of aliphatic hydroxyl groups is 3. The number of phenols is 1. The van der Waals surface area contributed by atoms with E-state index in [9.17, 15) is 49.2 Å². The topological polar surface area (TPSA) is 250 Å². The molecule has 0 radical (unpaired) electrons. The number of amides is 3. The number of nitrogens with one attached hydrogen (secondary N) is 1. The highest BCUT2D eigenvalue weighted by atomic mass is 16.7. The largest absolute Gasteiger partial charge is 0.508 e. The molecule has 4 rings (SSSR count). The van der Waals surface area contributed by atoms with Gasteiger partial charge < -0.3 is 45.9 Å². The number of ether oxygens (including phenoxy) is 2. The zero-order chi connectivity index (χ0) is 38.3. The summed E-state index contributed by atoms with van der Waals surface area (Å²) in [7, 11) is 6.39. The Balaban J connectivity index is 1.73. The van der Waals surface area contributed by atoms with Crippen molar-refractivity contribution >= 4 is 52.6 Å². The fraction of sp³-hybridized carbons (Fsp3) is 0.529. The van der Waals surface area contributed by atoms with Crippen LogP contribution in [-0.2, 0) is 39.9 Å². The highest BCUT2D eigenvalue weighted by molar-refractivity contribution is 6.24. The molecule has 0 aromatic heterocycles. The molecule has 3 aliphatic carbocycles.